The summed E-state index contributed by atoms with van der Waals surface area (Å²) in [6.45, 7) is 6.25. The Hall–Kier alpha value is -3.45. The summed E-state index contributed by atoms with van der Waals surface area (Å²) in [6, 6.07) is 18.2. The first-order chi connectivity index (χ1) is 16.0. The van der Waals surface area contributed by atoms with Crippen LogP contribution in [0.2, 0.25) is 0 Å². The average molecular weight is 480 g/mol. The SMILES string of the molecule is Cc1c(C#N)c(NC(=O)CN(C)[C@H](C)c2cccc(S(N)(=O)=O)c2)n(Cc2ccccc2)c1C. The van der Waals surface area contributed by atoms with Crippen molar-refractivity contribution < 1.29 is 13.2 Å². The first-order valence-corrected chi connectivity index (χ1v) is 12.3. The van der Waals surface area contributed by atoms with Crippen LogP contribution in [0.3, 0.4) is 0 Å². The molecule has 0 aliphatic rings. The van der Waals surface area contributed by atoms with Gasteiger partial charge >= 0.3 is 0 Å². The van der Waals surface area contributed by atoms with E-state index in [2.05, 4.69) is 11.4 Å². The maximum absolute atomic E-state index is 13.0. The van der Waals surface area contributed by atoms with E-state index in [4.69, 9.17) is 5.14 Å². The van der Waals surface area contributed by atoms with E-state index in [1.165, 1.54) is 12.1 Å². The van der Waals surface area contributed by atoms with Crippen LogP contribution >= 0.6 is 0 Å². The first-order valence-electron chi connectivity index (χ1n) is 10.8. The van der Waals surface area contributed by atoms with E-state index in [0.717, 1.165) is 22.4 Å². The molecule has 1 aromatic heterocycles. The minimum atomic E-state index is -3.82. The lowest BCUT2D eigenvalue weighted by atomic mass is 10.1. The van der Waals surface area contributed by atoms with Crippen molar-refractivity contribution in [2.45, 2.75) is 38.3 Å². The molecule has 9 heteroatoms. The van der Waals surface area contributed by atoms with Crippen molar-refractivity contribution in [1.29, 1.82) is 5.26 Å². The number of anilines is 1. The summed E-state index contributed by atoms with van der Waals surface area (Å²) in [4.78, 5) is 14.8. The van der Waals surface area contributed by atoms with Gasteiger partial charge in [0.05, 0.1) is 17.0 Å². The van der Waals surface area contributed by atoms with Crippen molar-refractivity contribution in [3.05, 3.63) is 82.5 Å². The molecular formula is C25H29N5O3S. The number of hydrogen-bond donors (Lipinski definition) is 2. The molecule has 178 valence electrons. The maximum atomic E-state index is 13.0. The quantitative estimate of drug-likeness (QED) is 0.513. The van der Waals surface area contributed by atoms with E-state index in [1.54, 1.807) is 24.1 Å². The Labute approximate surface area is 200 Å². The molecule has 0 saturated carbocycles. The third-order valence-corrected chi connectivity index (χ3v) is 7.02. The number of nitrogens with two attached hydrogens (primary N) is 1. The molecule has 3 N–H and O–H groups in total. The van der Waals surface area contributed by atoms with Crippen LogP contribution in [0.25, 0.3) is 0 Å². The number of rotatable bonds is 8. The largest absolute Gasteiger partial charge is 0.326 e. The minimum absolute atomic E-state index is 0.0260. The molecule has 34 heavy (non-hydrogen) atoms. The van der Waals surface area contributed by atoms with E-state index in [9.17, 15) is 18.5 Å². The van der Waals surface area contributed by atoms with Crippen LogP contribution in [-0.4, -0.2) is 37.4 Å². The standard InChI is InChI=1S/C25H29N5O3S/c1-17-18(2)30(15-20-9-6-5-7-10-20)25(23(17)14-26)28-24(31)16-29(4)19(3)21-11-8-12-22(13-21)34(27,32)33/h5-13,19H,15-16H2,1-4H3,(H,28,31)(H2,27,32,33)/t19-/m1/s1. The van der Waals surface area contributed by atoms with Gasteiger partial charge in [0.1, 0.15) is 11.9 Å². The molecule has 0 aliphatic heterocycles. The number of carbonyl (C=O) groups excluding carboxylic acids is 1. The maximum Gasteiger partial charge on any atom is 0.239 e. The van der Waals surface area contributed by atoms with Crippen molar-refractivity contribution in [3.63, 3.8) is 0 Å². The predicted octanol–water partition coefficient (Wildman–Crippen LogP) is 3.30. The highest BCUT2D eigenvalue weighted by Gasteiger charge is 2.22. The fraction of sp³-hybridized carbons (Fsp3) is 0.280. The van der Waals surface area contributed by atoms with Crippen LogP contribution in [0, 0.1) is 25.2 Å². The number of likely N-dealkylation sites (N-methyl/N-ethyl adjacent to an activating group) is 1. The van der Waals surface area contributed by atoms with Gasteiger partial charge in [-0.2, -0.15) is 5.26 Å². The van der Waals surface area contributed by atoms with Gasteiger partial charge < -0.3 is 9.88 Å². The van der Waals surface area contributed by atoms with E-state index >= 15 is 0 Å². The summed E-state index contributed by atoms with van der Waals surface area (Å²) < 4.78 is 25.3. The van der Waals surface area contributed by atoms with Crippen molar-refractivity contribution >= 4 is 21.7 Å². The number of aromatic nitrogens is 1. The van der Waals surface area contributed by atoms with Gasteiger partial charge in [-0.25, -0.2) is 13.6 Å². The lowest BCUT2D eigenvalue weighted by Gasteiger charge is -2.25. The second kappa shape index (κ2) is 10.2. The minimum Gasteiger partial charge on any atom is -0.326 e. The second-order valence-electron chi connectivity index (χ2n) is 8.37. The molecule has 0 unspecified atom stereocenters. The number of hydrogen-bond acceptors (Lipinski definition) is 5. The van der Waals surface area contributed by atoms with E-state index in [0.29, 0.717) is 17.9 Å². The van der Waals surface area contributed by atoms with Gasteiger partial charge in [0.15, 0.2) is 0 Å². The zero-order chi connectivity index (χ0) is 25.0. The van der Waals surface area contributed by atoms with Gasteiger partial charge in [-0.1, -0.05) is 42.5 Å². The van der Waals surface area contributed by atoms with Crippen LogP contribution in [0.15, 0.2) is 59.5 Å². The van der Waals surface area contributed by atoms with Crippen LogP contribution in [0.5, 0.6) is 0 Å². The number of benzene rings is 2. The van der Waals surface area contributed by atoms with Crippen LogP contribution in [0.1, 0.15) is 40.9 Å². The number of nitrogens with one attached hydrogen (secondary N) is 1. The molecule has 0 aliphatic carbocycles. The fourth-order valence-corrected chi connectivity index (χ4v) is 4.40. The zero-order valence-corrected chi connectivity index (χ0v) is 20.6. The third-order valence-electron chi connectivity index (χ3n) is 6.11. The Morgan fingerprint density at radius 2 is 1.85 bits per heavy atom. The molecule has 0 fully saturated rings. The number of sulfonamides is 1. The van der Waals surface area contributed by atoms with E-state index in [-0.39, 0.29) is 23.4 Å². The Morgan fingerprint density at radius 1 is 1.18 bits per heavy atom. The summed E-state index contributed by atoms with van der Waals surface area (Å²) in [7, 11) is -2.04. The number of carbonyl (C=O) groups is 1. The van der Waals surface area contributed by atoms with Crippen molar-refractivity contribution in [3.8, 4) is 6.07 Å². The molecule has 8 nitrogen and oxygen atoms in total. The van der Waals surface area contributed by atoms with Crippen LogP contribution in [0.4, 0.5) is 5.82 Å². The summed E-state index contributed by atoms with van der Waals surface area (Å²) >= 11 is 0. The molecule has 0 radical (unpaired) electrons. The molecule has 3 aromatic rings. The van der Waals surface area contributed by atoms with Gasteiger partial charge in [0, 0.05) is 18.3 Å². The molecular weight excluding hydrogens is 450 g/mol. The van der Waals surface area contributed by atoms with Gasteiger partial charge in [0.2, 0.25) is 15.9 Å². The number of nitrogens with zero attached hydrogens (tertiary/aromatic N) is 3. The number of amides is 1. The Morgan fingerprint density at radius 3 is 2.47 bits per heavy atom. The highest BCUT2D eigenvalue weighted by molar-refractivity contribution is 7.89. The zero-order valence-electron chi connectivity index (χ0n) is 19.7. The highest BCUT2D eigenvalue weighted by atomic mass is 32.2. The smallest absolute Gasteiger partial charge is 0.239 e. The molecule has 0 bridgehead atoms. The number of nitriles is 1. The van der Waals surface area contributed by atoms with Crippen molar-refractivity contribution in [2.24, 2.45) is 5.14 Å². The fourth-order valence-electron chi connectivity index (χ4n) is 3.83. The van der Waals surface area contributed by atoms with Gasteiger partial charge in [-0.05, 0) is 56.6 Å². The van der Waals surface area contributed by atoms with E-state index < -0.39 is 10.0 Å². The average Bonchev–Trinajstić information content (AvgIpc) is 3.02. The molecule has 3 rings (SSSR count). The lowest BCUT2D eigenvalue weighted by molar-refractivity contribution is -0.117. The summed E-state index contributed by atoms with van der Waals surface area (Å²) in [6.07, 6.45) is 0. The van der Waals surface area contributed by atoms with Crippen LogP contribution < -0.4 is 10.5 Å². The molecule has 0 spiro atoms. The van der Waals surface area contributed by atoms with E-state index in [1.807, 2.05) is 55.7 Å². The number of primary sulfonamides is 1. The third kappa shape index (κ3) is 5.54. The Kier molecular flexibility index (Phi) is 7.57. The normalized spacial score (nSPS) is 12.4. The predicted molar refractivity (Wildman–Crippen MR) is 132 cm³/mol. The molecule has 1 heterocycles. The summed E-state index contributed by atoms with van der Waals surface area (Å²) in [5.74, 6) is 0.198. The highest BCUT2D eigenvalue weighted by Crippen LogP contribution is 2.28. The van der Waals surface area contributed by atoms with Gasteiger partial charge in [-0.15, -0.1) is 0 Å². The molecule has 0 saturated heterocycles. The molecule has 1 amide bonds. The molecule has 1 atom stereocenters. The van der Waals surface area contributed by atoms with Gasteiger partial charge in [-0.3, -0.25) is 9.69 Å². The Bertz CT molecular complexity index is 1340. The molecule has 2 aromatic carbocycles. The first kappa shape index (κ1) is 25.2. The van der Waals surface area contributed by atoms with Crippen LogP contribution in [-0.2, 0) is 21.4 Å². The topological polar surface area (TPSA) is 121 Å². The monoisotopic (exact) mass is 479 g/mol. The second-order valence-corrected chi connectivity index (χ2v) is 9.94. The van der Waals surface area contributed by atoms with Gasteiger partial charge in [0.25, 0.3) is 0 Å². The Balaban J connectivity index is 1.80. The summed E-state index contributed by atoms with van der Waals surface area (Å²) in [5.41, 5.74) is 3.96. The van der Waals surface area contributed by atoms with Crippen molar-refractivity contribution in [2.75, 3.05) is 18.9 Å². The lowest BCUT2D eigenvalue weighted by Crippen LogP contribution is -2.33. The van der Waals surface area contributed by atoms with Crippen molar-refractivity contribution in [1.82, 2.24) is 9.47 Å². The summed E-state index contributed by atoms with van der Waals surface area (Å²) in [5, 5.41) is 17.9.